The van der Waals surface area contributed by atoms with E-state index < -0.39 is 15.8 Å². The van der Waals surface area contributed by atoms with Crippen molar-refractivity contribution >= 4 is 15.9 Å². The van der Waals surface area contributed by atoms with Crippen LogP contribution < -0.4 is 10.2 Å². The van der Waals surface area contributed by atoms with E-state index in [9.17, 15) is 17.6 Å². The summed E-state index contributed by atoms with van der Waals surface area (Å²) in [5.41, 5.74) is 0. The number of nitrogens with zero attached hydrogens (tertiary/aromatic N) is 1. The summed E-state index contributed by atoms with van der Waals surface area (Å²) in [7, 11) is -3.86. The fourth-order valence-corrected chi connectivity index (χ4v) is 4.65. The van der Waals surface area contributed by atoms with E-state index >= 15 is 0 Å². The Morgan fingerprint density at radius 3 is 2.59 bits per heavy atom. The Bertz CT molecular complexity index is 878. The molecule has 7 nitrogen and oxygen atoms in total. The number of carbonyl (C=O) groups is 1. The predicted molar refractivity (Wildman–Crippen MR) is 96.0 cm³/mol. The van der Waals surface area contributed by atoms with Crippen LogP contribution in [0.3, 0.4) is 0 Å². The molecule has 1 aliphatic heterocycles. The zero-order valence-electron chi connectivity index (χ0n) is 15.0. The summed E-state index contributed by atoms with van der Waals surface area (Å²) in [6.07, 6.45) is 1.55. The predicted octanol–water partition coefficient (Wildman–Crippen LogP) is 0.185. The number of carbonyl (C=O) groups excluding carboxylic acids is 1. The van der Waals surface area contributed by atoms with Gasteiger partial charge in [0.2, 0.25) is 10.0 Å². The van der Waals surface area contributed by atoms with Crippen molar-refractivity contribution in [3.63, 3.8) is 0 Å². The highest BCUT2D eigenvalue weighted by molar-refractivity contribution is 7.89. The van der Waals surface area contributed by atoms with Gasteiger partial charge in [0, 0.05) is 0 Å². The average Bonchev–Trinajstić information content (AvgIpc) is 3.17. The van der Waals surface area contributed by atoms with Crippen LogP contribution in [0.4, 0.5) is 4.39 Å². The summed E-state index contributed by atoms with van der Waals surface area (Å²) in [4.78, 5) is 12.9. The number of halogens is 1. The molecular weight excluding hydrogens is 373 g/mol. The van der Waals surface area contributed by atoms with Gasteiger partial charge in [-0.3, -0.25) is 4.79 Å². The van der Waals surface area contributed by atoms with Gasteiger partial charge >= 0.3 is 0 Å². The van der Waals surface area contributed by atoms with Gasteiger partial charge in [-0.25, -0.2) is 12.8 Å². The number of benzene rings is 1. The number of furan rings is 1. The van der Waals surface area contributed by atoms with Gasteiger partial charge in [-0.05, 0) is 31.2 Å². The van der Waals surface area contributed by atoms with Gasteiger partial charge in [-0.2, -0.15) is 4.31 Å². The Kier molecular flexibility index (Phi) is 5.93. The van der Waals surface area contributed by atoms with Crippen LogP contribution in [-0.4, -0.2) is 51.4 Å². The number of nitrogens with one attached hydrogen (secondary N) is 2. The normalized spacial score (nSPS) is 17.6. The monoisotopic (exact) mass is 396 g/mol. The third-order valence-electron chi connectivity index (χ3n) is 4.64. The first-order valence-corrected chi connectivity index (χ1v) is 10.2. The molecule has 0 spiro atoms. The van der Waals surface area contributed by atoms with Crippen molar-refractivity contribution in [3.05, 3.63) is 54.2 Å². The van der Waals surface area contributed by atoms with Gasteiger partial charge in [0.25, 0.3) is 5.91 Å². The zero-order valence-corrected chi connectivity index (χ0v) is 15.8. The number of hydrogen-bond donors (Lipinski definition) is 2. The third kappa shape index (κ3) is 4.55. The molecule has 146 valence electrons. The maximum atomic E-state index is 13.9. The first-order valence-electron chi connectivity index (χ1n) is 8.79. The summed E-state index contributed by atoms with van der Waals surface area (Å²) in [5.74, 6) is -0.197. The van der Waals surface area contributed by atoms with Crippen molar-refractivity contribution in [1.29, 1.82) is 0 Å². The van der Waals surface area contributed by atoms with Crippen LogP contribution in [0.5, 0.6) is 0 Å². The molecule has 2 aromatic rings. The fraction of sp³-hybridized carbons (Fsp3) is 0.389. The Labute approximate surface area is 157 Å². The number of sulfonamides is 1. The molecule has 1 atom stereocenters. The molecule has 0 radical (unpaired) electrons. The Hall–Kier alpha value is -2.23. The second kappa shape index (κ2) is 8.20. The lowest BCUT2D eigenvalue weighted by Crippen LogP contribution is -3.15. The van der Waals surface area contributed by atoms with Crippen molar-refractivity contribution in [2.75, 3.05) is 32.7 Å². The topological polar surface area (TPSA) is 84.1 Å². The van der Waals surface area contributed by atoms with Crippen LogP contribution in [0.25, 0.3) is 0 Å². The molecule has 1 amide bonds. The lowest BCUT2D eigenvalue weighted by Gasteiger charge is -2.31. The van der Waals surface area contributed by atoms with E-state index in [1.165, 1.54) is 22.5 Å². The van der Waals surface area contributed by atoms with Crippen LogP contribution in [0.1, 0.15) is 18.7 Å². The molecule has 9 heteroatoms. The van der Waals surface area contributed by atoms with Crippen molar-refractivity contribution in [2.45, 2.75) is 17.9 Å². The SMILES string of the molecule is C[C@@H](NC(=O)C[NH+]1CCN(S(=O)(=O)c2ccccc2F)CC1)c1ccco1. The van der Waals surface area contributed by atoms with Crippen LogP contribution in [0.15, 0.2) is 52.0 Å². The highest BCUT2D eigenvalue weighted by atomic mass is 32.2. The van der Waals surface area contributed by atoms with Crippen LogP contribution in [-0.2, 0) is 14.8 Å². The molecule has 1 fully saturated rings. The largest absolute Gasteiger partial charge is 0.467 e. The highest BCUT2D eigenvalue weighted by Crippen LogP contribution is 2.18. The van der Waals surface area contributed by atoms with Crippen molar-refractivity contribution in [2.24, 2.45) is 0 Å². The Morgan fingerprint density at radius 2 is 1.96 bits per heavy atom. The zero-order chi connectivity index (χ0) is 19.4. The molecule has 1 aromatic heterocycles. The molecule has 0 bridgehead atoms. The van der Waals surface area contributed by atoms with Gasteiger partial charge < -0.3 is 14.6 Å². The van der Waals surface area contributed by atoms with Crippen molar-refractivity contribution in [1.82, 2.24) is 9.62 Å². The molecule has 2 heterocycles. The second-order valence-electron chi connectivity index (χ2n) is 6.57. The van der Waals surface area contributed by atoms with Crippen molar-refractivity contribution in [3.8, 4) is 0 Å². The number of rotatable bonds is 6. The molecule has 1 aromatic carbocycles. The molecule has 1 aliphatic rings. The molecule has 0 saturated carbocycles. The van der Waals surface area contributed by atoms with Gasteiger partial charge in [-0.15, -0.1) is 0 Å². The third-order valence-corrected chi connectivity index (χ3v) is 6.57. The smallest absolute Gasteiger partial charge is 0.275 e. The molecule has 27 heavy (non-hydrogen) atoms. The van der Waals surface area contributed by atoms with E-state index in [0.29, 0.717) is 18.8 Å². The average molecular weight is 396 g/mol. The number of piperazine rings is 1. The van der Waals surface area contributed by atoms with E-state index in [1.807, 2.05) is 6.92 Å². The van der Waals surface area contributed by atoms with Gasteiger partial charge in [0.05, 0.1) is 38.5 Å². The summed E-state index contributed by atoms with van der Waals surface area (Å²) in [5, 5.41) is 2.87. The lowest BCUT2D eigenvalue weighted by atomic mass is 10.2. The molecule has 2 N–H and O–H groups in total. The van der Waals surface area contributed by atoms with E-state index in [2.05, 4.69) is 5.32 Å². The van der Waals surface area contributed by atoms with E-state index in [0.717, 1.165) is 11.0 Å². The maximum absolute atomic E-state index is 13.9. The van der Waals surface area contributed by atoms with Crippen LogP contribution in [0, 0.1) is 5.82 Å². The Balaban J connectivity index is 1.53. The quantitative estimate of drug-likeness (QED) is 0.730. The summed E-state index contributed by atoms with van der Waals surface area (Å²) < 4.78 is 45.6. The lowest BCUT2D eigenvalue weighted by molar-refractivity contribution is -0.895. The maximum Gasteiger partial charge on any atom is 0.275 e. The molecular formula is C18H23FN3O4S+. The standard InChI is InChI=1S/C18H22FN3O4S/c1-14(16-6-4-12-26-16)20-18(23)13-21-8-10-22(11-9-21)27(24,25)17-7-3-2-5-15(17)19/h2-7,12,14H,8-11,13H2,1H3,(H,20,23)/p+1/t14-/m1/s1. The van der Waals surface area contributed by atoms with Crippen LogP contribution >= 0.6 is 0 Å². The minimum atomic E-state index is -3.86. The first kappa shape index (κ1) is 19.5. The van der Waals surface area contributed by atoms with Gasteiger partial charge in [0.1, 0.15) is 16.5 Å². The van der Waals surface area contributed by atoms with E-state index in [1.54, 1.807) is 18.4 Å². The fourth-order valence-electron chi connectivity index (χ4n) is 3.14. The van der Waals surface area contributed by atoms with Crippen LogP contribution in [0.2, 0.25) is 0 Å². The van der Waals surface area contributed by atoms with Gasteiger partial charge in [-0.1, -0.05) is 12.1 Å². The van der Waals surface area contributed by atoms with Crippen molar-refractivity contribution < 1.29 is 26.9 Å². The number of hydrogen-bond acceptors (Lipinski definition) is 4. The molecule has 1 saturated heterocycles. The second-order valence-corrected chi connectivity index (χ2v) is 8.47. The first-order chi connectivity index (χ1) is 12.9. The summed E-state index contributed by atoms with van der Waals surface area (Å²) >= 11 is 0. The van der Waals surface area contributed by atoms with Gasteiger partial charge in [0.15, 0.2) is 6.54 Å². The molecule has 3 rings (SSSR count). The molecule has 0 unspecified atom stereocenters. The minimum Gasteiger partial charge on any atom is -0.467 e. The summed E-state index contributed by atoms with van der Waals surface area (Å²) in [6, 6.07) is 8.70. The highest BCUT2D eigenvalue weighted by Gasteiger charge is 2.32. The van der Waals surface area contributed by atoms with E-state index in [-0.39, 0.29) is 36.5 Å². The molecule has 0 aliphatic carbocycles. The van der Waals surface area contributed by atoms with E-state index in [4.69, 9.17) is 4.42 Å². The minimum absolute atomic E-state index is 0.126. The number of quaternary nitrogens is 1. The summed E-state index contributed by atoms with van der Waals surface area (Å²) in [6.45, 7) is 3.54. The Morgan fingerprint density at radius 1 is 1.26 bits per heavy atom. The number of amides is 1.